The second-order valence-electron chi connectivity index (χ2n) is 6.11. The van der Waals surface area contributed by atoms with E-state index in [9.17, 15) is 9.50 Å². The van der Waals surface area contributed by atoms with E-state index in [-0.39, 0.29) is 5.82 Å². The van der Waals surface area contributed by atoms with Gasteiger partial charge in [-0.2, -0.15) is 4.98 Å². The van der Waals surface area contributed by atoms with E-state index >= 15 is 0 Å². The molecular weight excluding hydrogens is 297 g/mol. The van der Waals surface area contributed by atoms with Crippen LogP contribution in [0.4, 0.5) is 4.39 Å². The minimum Gasteiger partial charge on any atom is -0.387 e. The van der Waals surface area contributed by atoms with Gasteiger partial charge in [-0.25, -0.2) is 4.39 Å². The largest absolute Gasteiger partial charge is 0.387 e. The van der Waals surface area contributed by atoms with E-state index in [4.69, 9.17) is 4.52 Å². The molecular formula is C17H24FN3O2. The van der Waals surface area contributed by atoms with Gasteiger partial charge in [-0.3, -0.25) is 4.90 Å². The van der Waals surface area contributed by atoms with E-state index in [0.717, 1.165) is 13.0 Å². The lowest BCUT2D eigenvalue weighted by Gasteiger charge is -2.25. The third-order valence-corrected chi connectivity index (χ3v) is 3.49. The second-order valence-corrected chi connectivity index (χ2v) is 6.11. The summed E-state index contributed by atoms with van der Waals surface area (Å²) >= 11 is 0. The van der Waals surface area contributed by atoms with Crippen LogP contribution in [0.25, 0.3) is 0 Å². The van der Waals surface area contributed by atoms with Crippen LogP contribution >= 0.6 is 0 Å². The van der Waals surface area contributed by atoms with Crippen molar-refractivity contribution in [3.05, 3.63) is 47.4 Å². The summed E-state index contributed by atoms with van der Waals surface area (Å²) in [5, 5.41) is 14.3. The van der Waals surface area contributed by atoms with E-state index in [1.807, 2.05) is 6.92 Å². The third-order valence-electron chi connectivity index (χ3n) is 3.49. The minimum atomic E-state index is -0.692. The fourth-order valence-electron chi connectivity index (χ4n) is 2.44. The molecule has 0 aliphatic carbocycles. The molecule has 2 aromatic rings. The number of halogens is 1. The number of aryl methyl sites for hydroxylation is 1. The van der Waals surface area contributed by atoms with Gasteiger partial charge in [-0.05, 0) is 23.6 Å². The smallest absolute Gasteiger partial charge is 0.240 e. The number of nitrogens with zero attached hydrogens (tertiary/aromatic N) is 3. The molecule has 1 heterocycles. The maximum atomic E-state index is 13.0. The van der Waals surface area contributed by atoms with Gasteiger partial charge in [0, 0.05) is 19.5 Å². The lowest BCUT2D eigenvalue weighted by atomic mass is 10.1. The highest BCUT2D eigenvalue weighted by molar-refractivity contribution is 5.18. The summed E-state index contributed by atoms with van der Waals surface area (Å²) in [5.41, 5.74) is 0.694. The molecule has 2 rings (SSSR count). The predicted octanol–water partition coefficient (Wildman–Crippen LogP) is 2.96. The molecule has 0 aliphatic rings. The highest BCUT2D eigenvalue weighted by atomic mass is 19.1. The zero-order valence-corrected chi connectivity index (χ0v) is 13.9. The number of benzene rings is 1. The molecule has 0 unspecified atom stereocenters. The quantitative estimate of drug-likeness (QED) is 0.810. The number of hydrogen-bond acceptors (Lipinski definition) is 5. The SMILES string of the molecule is CCc1noc(CN(CC(C)C)C[C@H](O)c2ccc(F)cc2)n1. The van der Waals surface area contributed by atoms with E-state index < -0.39 is 6.10 Å². The Morgan fingerprint density at radius 2 is 1.91 bits per heavy atom. The summed E-state index contributed by atoms with van der Waals surface area (Å²) in [7, 11) is 0. The first-order valence-corrected chi connectivity index (χ1v) is 7.95. The average Bonchev–Trinajstić information content (AvgIpc) is 2.94. The Kier molecular flexibility index (Phi) is 6.24. The molecule has 126 valence electrons. The molecule has 1 aromatic carbocycles. The van der Waals surface area contributed by atoms with Crippen LogP contribution in [0.5, 0.6) is 0 Å². The monoisotopic (exact) mass is 321 g/mol. The highest BCUT2D eigenvalue weighted by Gasteiger charge is 2.18. The van der Waals surface area contributed by atoms with Crippen molar-refractivity contribution in [1.29, 1.82) is 0 Å². The molecule has 0 aliphatic heterocycles. The first-order valence-electron chi connectivity index (χ1n) is 7.95. The van der Waals surface area contributed by atoms with Gasteiger partial charge in [0.25, 0.3) is 0 Å². The van der Waals surface area contributed by atoms with E-state index in [2.05, 4.69) is 28.9 Å². The van der Waals surface area contributed by atoms with Gasteiger partial charge in [-0.15, -0.1) is 0 Å². The molecule has 1 N–H and O–H groups in total. The lowest BCUT2D eigenvalue weighted by molar-refractivity contribution is 0.0946. The van der Waals surface area contributed by atoms with Crippen LogP contribution in [-0.4, -0.2) is 33.2 Å². The Labute approximate surface area is 136 Å². The lowest BCUT2D eigenvalue weighted by Crippen LogP contribution is -2.31. The highest BCUT2D eigenvalue weighted by Crippen LogP contribution is 2.17. The van der Waals surface area contributed by atoms with Crippen LogP contribution in [0.3, 0.4) is 0 Å². The minimum absolute atomic E-state index is 0.307. The third kappa shape index (κ3) is 5.41. The Hall–Kier alpha value is -1.79. The summed E-state index contributed by atoms with van der Waals surface area (Å²) in [5.74, 6) is 1.36. The molecule has 0 radical (unpaired) electrons. The molecule has 0 bridgehead atoms. The number of hydrogen-bond donors (Lipinski definition) is 1. The molecule has 6 heteroatoms. The van der Waals surface area contributed by atoms with Crippen molar-refractivity contribution in [2.75, 3.05) is 13.1 Å². The second kappa shape index (κ2) is 8.17. The normalized spacial score (nSPS) is 13.0. The van der Waals surface area contributed by atoms with E-state index in [1.54, 1.807) is 12.1 Å². The standard InChI is InChI=1S/C17H24FN3O2/c1-4-16-19-17(23-20-16)11-21(9-12(2)3)10-15(22)13-5-7-14(18)8-6-13/h5-8,12,15,22H,4,9-11H2,1-3H3/t15-/m0/s1. The first-order chi connectivity index (χ1) is 11.0. The van der Waals surface area contributed by atoms with Crippen molar-refractivity contribution in [2.45, 2.75) is 39.8 Å². The average molecular weight is 321 g/mol. The van der Waals surface area contributed by atoms with Gasteiger partial charge in [0.2, 0.25) is 5.89 Å². The summed E-state index contributed by atoms with van der Waals surface area (Å²) in [6, 6.07) is 5.93. The molecule has 5 nitrogen and oxygen atoms in total. The van der Waals surface area contributed by atoms with Crippen molar-refractivity contribution in [3.63, 3.8) is 0 Å². The molecule has 0 amide bonds. The molecule has 1 aromatic heterocycles. The Morgan fingerprint density at radius 1 is 1.22 bits per heavy atom. The van der Waals surface area contributed by atoms with Crippen LogP contribution < -0.4 is 0 Å². The molecule has 23 heavy (non-hydrogen) atoms. The van der Waals surface area contributed by atoms with Gasteiger partial charge in [-0.1, -0.05) is 38.1 Å². The maximum absolute atomic E-state index is 13.0. The van der Waals surface area contributed by atoms with Crippen molar-refractivity contribution in [1.82, 2.24) is 15.0 Å². The molecule has 0 saturated heterocycles. The van der Waals surface area contributed by atoms with Gasteiger partial charge in [0.05, 0.1) is 12.6 Å². The van der Waals surface area contributed by atoms with Crippen LogP contribution in [0.15, 0.2) is 28.8 Å². The van der Waals surface area contributed by atoms with E-state index in [1.165, 1.54) is 12.1 Å². The zero-order valence-electron chi connectivity index (χ0n) is 13.9. The van der Waals surface area contributed by atoms with Crippen molar-refractivity contribution in [2.24, 2.45) is 5.92 Å². The summed E-state index contributed by atoms with van der Waals surface area (Å²) in [6.45, 7) is 7.91. The number of rotatable bonds is 8. The Morgan fingerprint density at radius 3 is 2.48 bits per heavy atom. The number of aliphatic hydroxyl groups excluding tert-OH is 1. The summed E-state index contributed by atoms with van der Waals surface area (Å²) < 4.78 is 18.2. The van der Waals surface area contributed by atoms with Crippen molar-refractivity contribution < 1.29 is 14.0 Å². The van der Waals surface area contributed by atoms with Gasteiger partial charge < -0.3 is 9.63 Å². The van der Waals surface area contributed by atoms with Crippen LogP contribution in [-0.2, 0) is 13.0 Å². The van der Waals surface area contributed by atoms with Crippen LogP contribution in [0.1, 0.15) is 44.2 Å². The fraction of sp³-hybridized carbons (Fsp3) is 0.529. The van der Waals surface area contributed by atoms with Gasteiger partial charge in [0.1, 0.15) is 5.82 Å². The summed E-state index contributed by atoms with van der Waals surface area (Å²) in [4.78, 5) is 6.39. The van der Waals surface area contributed by atoms with Gasteiger partial charge in [0.15, 0.2) is 5.82 Å². The van der Waals surface area contributed by atoms with Crippen molar-refractivity contribution >= 4 is 0 Å². The topological polar surface area (TPSA) is 62.4 Å². The fourth-order valence-corrected chi connectivity index (χ4v) is 2.44. The number of aromatic nitrogens is 2. The van der Waals surface area contributed by atoms with Crippen LogP contribution in [0, 0.1) is 11.7 Å². The van der Waals surface area contributed by atoms with Crippen LogP contribution in [0.2, 0.25) is 0 Å². The Bertz CT molecular complexity index is 598. The molecule has 0 fully saturated rings. The molecule has 0 saturated carbocycles. The first kappa shape index (κ1) is 17.6. The number of aliphatic hydroxyl groups is 1. The summed E-state index contributed by atoms with van der Waals surface area (Å²) in [6.07, 6.45) is 0.0363. The zero-order chi connectivity index (χ0) is 16.8. The Balaban J connectivity index is 2.03. The predicted molar refractivity (Wildman–Crippen MR) is 85.2 cm³/mol. The van der Waals surface area contributed by atoms with E-state index in [0.29, 0.717) is 36.3 Å². The molecule has 1 atom stereocenters. The van der Waals surface area contributed by atoms with Crippen molar-refractivity contribution in [3.8, 4) is 0 Å². The molecule has 0 spiro atoms. The maximum Gasteiger partial charge on any atom is 0.240 e. The van der Waals surface area contributed by atoms with Gasteiger partial charge >= 0.3 is 0 Å².